The Bertz CT molecular complexity index is 777. The number of aromatic amines is 1. The number of benzene rings is 2. The Kier molecular flexibility index (Phi) is 3.78. The normalized spacial score (nSPS) is 12.1. The first-order chi connectivity index (χ1) is 10.7. The lowest BCUT2D eigenvalue weighted by Gasteiger charge is -2.13. The highest BCUT2D eigenvalue weighted by atomic mass is 16.5. The lowest BCUT2D eigenvalue weighted by atomic mass is 10.1. The van der Waals surface area contributed by atoms with Gasteiger partial charge in [-0.3, -0.25) is 4.79 Å². The lowest BCUT2D eigenvalue weighted by molar-refractivity contribution is 0.0935. The number of hydrogen-bond donors (Lipinski definition) is 2. The first-order valence-corrected chi connectivity index (χ1v) is 7.07. The zero-order chi connectivity index (χ0) is 15.5. The Hall–Kier alpha value is -2.82. The maximum atomic E-state index is 12.4. The molecule has 0 saturated carbocycles. The van der Waals surface area contributed by atoms with Crippen LogP contribution < -0.4 is 10.1 Å². The van der Waals surface area contributed by atoms with Gasteiger partial charge in [-0.15, -0.1) is 0 Å². The third-order valence-corrected chi connectivity index (χ3v) is 3.52. The number of H-pyrrole nitrogens is 1. The van der Waals surface area contributed by atoms with Crippen molar-refractivity contribution in [2.24, 2.45) is 0 Å². The molecule has 0 fully saturated rings. The van der Waals surface area contributed by atoms with E-state index in [0.29, 0.717) is 11.3 Å². The highest BCUT2D eigenvalue weighted by Gasteiger charge is 2.17. The number of hydrogen-bond acceptors (Lipinski definition) is 3. The smallest absolute Gasteiger partial charge is 0.255 e. The van der Waals surface area contributed by atoms with Gasteiger partial charge in [0.2, 0.25) is 0 Å². The molecule has 0 aliphatic heterocycles. The van der Waals surface area contributed by atoms with E-state index in [2.05, 4.69) is 15.3 Å². The topological polar surface area (TPSA) is 67.0 Å². The number of carbonyl (C=O) groups excluding carboxylic acids is 1. The molecule has 112 valence electrons. The van der Waals surface area contributed by atoms with Crippen LogP contribution in [0.1, 0.15) is 29.1 Å². The molecule has 2 aromatic carbocycles. The Balaban J connectivity index is 1.81. The van der Waals surface area contributed by atoms with Gasteiger partial charge in [-0.2, -0.15) is 0 Å². The Morgan fingerprint density at radius 2 is 1.91 bits per heavy atom. The number of imidazole rings is 1. The highest BCUT2D eigenvalue weighted by Crippen LogP contribution is 2.19. The molecule has 5 heteroatoms. The van der Waals surface area contributed by atoms with Crippen LogP contribution in [0.4, 0.5) is 0 Å². The Morgan fingerprint density at radius 3 is 2.68 bits per heavy atom. The van der Waals surface area contributed by atoms with Gasteiger partial charge in [0.15, 0.2) is 0 Å². The number of ether oxygens (including phenoxy) is 1. The van der Waals surface area contributed by atoms with Crippen LogP contribution in [0.25, 0.3) is 11.0 Å². The van der Waals surface area contributed by atoms with Gasteiger partial charge in [0.1, 0.15) is 11.6 Å². The number of fused-ring (bicyclic) bond motifs is 1. The standard InChI is InChI=1S/C17H17N3O2/c1-11(16-19-13-8-4-5-9-14(13)20-16)18-17(21)12-7-3-6-10-15(12)22-2/h3-11H,1-2H3,(H,18,21)(H,19,20)/t11-/m0/s1. The van der Waals surface area contributed by atoms with Gasteiger partial charge in [-0.25, -0.2) is 4.98 Å². The molecule has 5 nitrogen and oxygen atoms in total. The number of aromatic nitrogens is 2. The maximum Gasteiger partial charge on any atom is 0.255 e. The molecule has 0 aliphatic rings. The molecule has 1 aromatic heterocycles. The van der Waals surface area contributed by atoms with E-state index in [1.54, 1.807) is 19.2 Å². The van der Waals surface area contributed by atoms with Gasteiger partial charge in [-0.05, 0) is 31.2 Å². The van der Waals surface area contributed by atoms with Crippen LogP contribution in [0.2, 0.25) is 0 Å². The molecular weight excluding hydrogens is 278 g/mol. The second-order valence-electron chi connectivity index (χ2n) is 5.03. The molecule has 1 amide bonds. The molecule has 1 atom stereocenters. The van der Waals surface area contributed by atoms with Gasteiger partial charge in [0, 0.05) is 0 Å². The van der Waals surface area contributed by atoms with Crippen LogP contribution in [-0.2, 0) is 0 Å². The van der Waals surface area contributed by atoms with Crippen molar-refractivity contribution in [2.45, 2.75) is 13.0 Å². The minimum Gasteiger partial charge on any atom is -0.496 e. The predicted molar refractivity (Wildman–Crippen MR) is 85.0 cm³/mol. The monoisotopic (exact) mass is 295 g/mol. The second-order valence-corrected chi connectivity index (χ2v) is 5.03. The molecule has 0 spiro atoms. The van der Waals surface area contributed by atoms with Crippen molar-refractivity contribution in [3.05, 3.63) is 59.9 Å². The minimum atomic E-state index is -0.232. The van der Waals surface area contributed by atoms with E-state index < -0.39 is 0 Å². The third-order valence-electron chi connectivity index (χ3n) is 3.52. The number of carbonyl (C=O) groups is 1. The van der Waals surface area contributed by atoms with E-state index in [0.717, 1.165) is 16.9 Å². The molecule has 0 radical (unpaired) electrons. The average Bonchev–Trinajstić information content (AvgIpc) is 2.99. The van der Waals surface area contributed by atoms with E-state index in [9.17, 15) is 4.79 Å². The Labute approximate surface area is 128 Å². The number of nitrogens with one attached hydrogen (secondary N) is 2. The first-order valence-electron chi connectivity index (χ1n) is 7.07. The fourth-order valence-corrected chi connectivity index (χ4v) is 2.35. The summed E-state index contributed by atoms with van der Waals surface area (Å²) in [6.45, 7) is 1.89. The van der Waals surface area contributed by atoms with Gasteiger partial charge >= 0.3 is 0 Å². The van der Waals surface area contributed by atoms with Gasteiger partial charge in [0.25, 0.3) is 5.91 Å². The molecule has 0 bridgehead atoms. The number of methoxy groups -OCH3 is 1. The summed E-state index contributed by atoms with van der Waals surface area (Å²) in [6, 6.07) is 14.7. The van der Waals surface area contributed by atoms with Crippen molar-refractivity contribution >= 4 is 16.9 Å². The van der Waals surface area contributed by atoms with E-state index in [1.165, 1.54) is 0 Å². The summed E-state index contributed by atoms with van der Waals surface area (Å²) in [5, 5.41) is 2.94. The molecule has 1 heterocycles. The summed E-state index contributed by atoms with van der Waals surface area (Å²) >= 11 is 0. The minimum absolute atomic E-state index is 0.189. The molecule has 3 aromatic rings. The number of amides is 1. The van der Waals surface area contributed by atoms with Gasteiger partial charge in [0.05, 0.1) is 29.7 Å². The van der Waals surface area contributed by atoms with Gasteiger partial charge in [-0.1, -0.05) is 24.3 Å². The predicted octanol–water partition coefficient (Wildman–Crippen LogP) is 3.06. The van der Waals surface area contributed by atoms with Crippen LogP contribution in [0.3, 0.4) is 0 Å². The van der Waals surface area contributed by atoms with Crippen molar-refractivity contribution < 1.29 is 9.53 Å². The molecule has 2 N–H and O–H groups in total. The molecule has 3 rings (SSSR count). The van der Waals surface area contributed by atoms with Crippen LogP contribution in [0.5, 0.6) is 5.75 Å². The van der Waals surface area contributed by atoms with Crippen LogP contribution >= 0.6 is 0 Å². The summed E-state index contributed by atoms with van der Waals surface area (Å²) < 4.78 is 5.22. The fourth-order valence-electron chi connectivity index (χ4n) is 2.35. The molecule has 0 aliphatic carbocycles. The summed E-state index contributed by atoms with van der Waals surface area (Å²) in [6.07, 6.45) is 0. The number of para-hydroxylation sites is 3. The van der Waals surface area contributed by atoms with Crippen molar-refractivity contribution in [1.82, 2.24) is 15.3 Å². The van der Waals surface area contributed by atoms with E-state index >= 15 is 0 Å². The molecular formula is C17H17N3O2. The van der Waals surface area contributed by atoms with E-state index in [1.807, 2.05) is 43.3 Å². The van der Waals surface area contributed by atoms with Crippen LogP contribution in [0, 0.1) is 0 Å². The quantitative estimate of drug-likeness (QED) is 0.777. The van der Waals surface area contributed by atoms with Crippen molar-refractivity contribution in [3.8, 4) is 5.75 Å². The van der Waals surface area contributed by atoms with E-state index in [4.69, 9.17) is 4.74 Å². The molecule has 0 unspecified atom stereocenters. The summed E-state index contributed by atoms with van der Waals surface area (Å²) in [4.78, 5) is 20.1. The largest absolute Gasteiger partial charge is 0.496 e. The summed E-state index contributed by atoms with van der Waals surface area (Å²) in [7, 11) is 1.55. The zero-order valence-electron chi connectivity index (χ0n) is 12.5. The summed E-state index contributed by atoms with van der Waals surface area (Å²) in [5.41, 5.74) is 2.35. The third kappa shape index (κ3) is 2.65. The number of rotatable bonds is 4. The Morgan fingerprint density at radius 1 is 1.18 bits per heavy atom. The molecule has 22 heavy (non-hydrogen) atoms. The van der Waals surface area contributed by atoms with Crippen molar-refractivity contribution in [1.29, 1.82) is 0 Å². The maximum absolute atomic E-state index is 12.4. The molecule has 0 saturated heterocycles. The second kappa shape index (κ2) is 5.89. The fraction of sp³-hybridized carbons (Fsp3) is 0.176. The average molecular weight is 295 g/mol. The van der Waals surface area contributed by atoms with Crippen molar-refractivity contribution in [2.75, 3.05) is 7.11 Å². The zero-order valence-corrected chi connectivity index (χ0v) is 12.5. The van der Waals surface area contributed by atoms with Crippen LogP contribution in [-0.4, -0.2) is 23.0 Å². The number of nitrogens with zero attached hydrogens (tertiary/aromatic N) is 1. The van der Waals surface area contributed by atoms with E-state index in [-0.39, 0.29) is 11.9 Å². The lowest BCUT2D eigenvalue weighted by Crippen LogP contribution is -2.27. The van der Waals surface area contributed by atoms with Crippen molar-refractivity contribution in [3.63, 3.8) is 0 Å². The SMILES string of the molecule is COc1ccccc1C(=O)N[C@@H](C)c1nc2ccccc2[nH]1. The highest BCUT2D eigenvalue weighted by molar-refractivity contribution is 5.97. The first kappa shape index (κ1) is 14.1. The van der Waals surface area contributed by atoms with Gasteiger partial charge < -0.3 is 15.0 Å². The summed E-state index contributed by atoms with van der Waals surface area (Å²) in [5.74, 6) is 1.09. The van der Waals surface area contributed by atoms with Crippen LogP contribution in [0.15, 0.2) is 48.5 Å².